The van der Waals surface area contributed by atoms with Crippen molar-refractivity contribution in [1.82, 2.24) is 19.6 Å². The highest BCUT2D eigenvalue weighted by atomic mass is 16.5. The lowest BCUT2D eigenvalue weighted by atomic mass is 9.82. The first-order valence-corrected chi connectivity index (χ1v) is 10.3. The topological polar surface area (TPSA) is 115 Å². The average molecular weight is 421 g/mol. The SMILES string of the molecule is COc1cc2nc([C@H]3CC[C@H](CO)CC3)oc2cc1NC(=O)c1cnn2cccnc12. The number of methoxy groups -OCH3 is 1. The number of oxazole rings is 1. The summed E-state index contributed by atoms with van der Waals surface area (Å²) < 4.78 is 13.1. The molecule has 0 atom stereocenters. The molecule has 0 aliphatic heterocycles. The molecule has 9 heteroatoms. The molecule has 1 aromatic carbocycles. The van der Waals surface area contributed by atoms with Crippen molar-refractivity contribution >= 4 is 28.3 Å². The lowest BCUT2D eigenvalue weighted by molar-refractivity contribution is 0.102. The number of carbonyl (C=O) groups excluding carboxylic acids is 1. The van der Waals surface area contributed by atoms with Crippen molar-refractivity contribution in [2.24, 2.45) is 5.92 Å². The van der Waals surface area contributed by atoms with Crippen LogP contribution in [-0.4, -0.2) is 44.3 Å². The van der Waals surface area contributed by atoms with E-state index in [4.69, 9.17) is 9.15 Å². The molecule has 31 heavy (non-hydrogen) atoms. The summed E-state index contributed by atoms with van der Waals surface area (Å²) in [7, 11) is 1.55. The Kier molecular flexibility index (Phi) is 5.03. The third-order valence-electron chi connectivity index (χ3n) is 5.95. The number of hydrogen-bond donors (Lipinski definition) is 2. The summed E-state index contributed by atoms with van der Waals surface area (Å²) >= 11 is 0. The van der Waals surface area contributed by atoms with Gasteiger partial charge in [-0.3, -0.25) is 4.79 Å². The third-order valence-corrected chi connectivity index (χ3v) is 5.95. The number of benzene rings is 1. The zero-order valence-electron chi connectivity index (χ0n) is 17.1. The number of aliphatic hydroxyl groups excluding tert-OH is 1. The van der Waals surface area contributed by atoms with Gasteiger partial charge in [0.05, 0.1) is 19.0 Å². The molecule has 2 N–H and O–H groups in total. The smallest absolute Gasteiger partial charge is 0.261 e. The number of fused-ring (bicyclic) bond motifs is 2. The van der Waals surface area contributed by atoms with Gasteiger partial charge in [0.1, 0.15) is 16.8 Å². The quantitative estimate of drug-likeness (QED) is 0.507. The van der Waals surface area contributed by atoms with E-state index in [0.717, 1.165) is 25.7 Å². The van der Waals surface area contributed by atoms with E-state index in [-0.39, 0.29) is 18.4 Å². The Bertz CT molecular complexity index is 1240. The second kappa shape index (κ2) is 7.99. The molecule has 3 aromatic heterocycles. The maximum absolute atomic E-state index is 12.9. The first-order valence-electron chi connectivity index (χ1n) is 10.3. The van der Waals surface area contributed by atoms with E-state index in [1.165, 1.54) is 6.20 Å². The van der Waals surface area contributed by atoms with Crippen molar-refractivity contribution in [2.45, 2.75) is 31.6 Å². The van der Waals surface area contributed by atoms with Crippen LogP contribution in [0.4, 0.5) is 5.69 Å². The number of nitrogens with zero attached hydrogens (tertiary/aromatic N) is 4. The Morgan fingerprint density at radius 3 is 2.94 bits per heavy atom. The second-order valence-corrected chi connectivity index (χ2v) is 7.87. The van der Waals surface area contributed by atoms with Gasteiger partial charge < -0.3 is 19.6 Å². The van der Waals surface area contributed by atoms with Crippen LogP contribution in [0.1, 0.15) is 47.8 Å². The molecule has 1 saturated carbocycles. The van der Waals surface area contributed by atoms with Crippen LogP contribution in [0.15, 0.2) is 41.2 Å². The fourth-order valence-electron chi connectivity index (χ4n) is 4.18. The van der Waals surface area contributed by atoms with E-state index in [1.54, 1.807) is 42.2 Å². The number of aromatic nitrogens is 4. The fourth-order valence-corrected chi connectivity index (χ4v) is 4.18. The van der Waals surface area contributed by atoms with Crippen molar-refractivity contribution < 1.29 is 19.1 Å². The molecule has 0 unspecified atom stereocenters. The van der Waals surface area contributed by atoms with Gasteiger partial charge >= 0.3 is 0 Å². The Morgan fingerprint density at radius 1 is 1.32 bits per heavy atom. The zero-order chi connectivity index (χ0) is 21.4. The van der Waals surface area contributed by atoms with Gasteiger partial charge in [-0.05, 0) is 37.7 Å². The molecule has 1 aliphatic carbocycles. The number of rotatable bonds is 5. The van der Waals surface area contributed by atoms with Crippen molar-refractivity contribution in [3.63, 3.8) is 0 Å². The largest absolute Gasteiger partial charge is 0.494 e. The summed E-state index contributed by atoms with van der Waals surface area (Å²) in [5.41, 5.74) is 2.60. The molecule has 1 amide bonds. The molecule has 0 saturated heterocycles. The molecule has 0 bridgehead atoms. The highest BCUT2D eigenvalue weighted by Gasteiger charge is 2.26. The van der Waals surface area contributed by atoms with Crippen molar-refractivity contribution in [3.8, 4) is 5.75 Å². The van der Waals surface area contributed by atoms with Crippen LogP contribution >= 0.6 is 0 Å². The molecule has 160 valence electrons. The number of hydrogen-bond acceptors (Lipinski definition) is 7. The van der Waals surface area contributed by atoms with E-state index in [2.05, 4.69) is 20.4 Å². The highest BCUT2D eigenvalue weighted by Crippen LogP contribution is 2.38. The van der Waals surface area contributed by atoms with Gasteiger partial charge in [-0.15, -0.1) is 0 Å². The van der Waals surface area contributed by atoms with E-state index < -0.39 is 0 Å². The summed E-state index contributed by atoms with van der Waals surface area (Å²) in [6, 6.07) is 5.25. The van der Waals surface area contributed by atoms with E-state index in [9.17, 15) is 9.90 Å². The van der Waals surface area contributed by atoms with Crippen LogP contribution in [-0.2, 0) is 0 Å². The average Bonchev–Trinajstić information content (AvgIpc) is 3.42. The van der Waals surface area contributed by atoms with Crippen LogP contribution in [0, 0.1) is 5.92 Å². The van der Waals surface area contributed by atoms with E-state index >= 15 is 0 Å². The van der Waals surface area contributed by atoms with Crippen LogP contribution in [0.3, 0.4) is 0 Å². The fraction of sp³-hybridized carbons (Fsp3) is 0.364. The standard InChI is InChI=1S/C22H23N5O4/c1-30-18-9-17-19(31-22(26-17)14-5-3-13(12-28)4-6-14)10-16(18)25-21(29)15-11-24-27-8-2-7-23-20(15)27/h2,7-11,13-14,28H,3-6,12H2,1H3,(H,25,29)/t13-,14-. The molecule has 1 aliphatic rings. The Hall–Kier alpha value is -3.46. The van der Waals surface area contributed by atoms with Crippen molar-refractivity contribution in [3.05, 3.63) is 48.2 Å². The van der Waals surface area contributed by atoms with Gasteiger partial charge in [-0.2, -0.15) is 5.10 Å². The molecule has 4 aromatic rings. The lowest BCUT2D eigenvalue weighted by Crippen LogP contribution is -2.16. The van der Waals surface area contributed by atoms with Crippen LogP contribution in [0.2, 0.25) is 0 Å². The van der Waals surface area contributed by atoms with E-state index in [1.807, 2.05) is 0 Å². The minimum absolute atomic E-state index is 0.239. The Labute approximate surface area is 178 Å². The summed E-state index contributed by atoms with van der Waals surface area (Å²) in [4.78, 5) is 21.8. The molecular weight excluding hydrogens is 398 g/mol. The van der Waals surface area contributed by atoms with Gasteiger partial charge in [-0.25, -0.2) is 14.5 Å². The minimum Gasteiger partial charge on any atom is -0.494 e. The van der Waals surface area contributed by atoms with Crippen LogP contribution in [0.25, 0.3) is 16.7 Å². The predicted molar refractivity (Wildman–Crippen MR) is 113 cm³/mol. The number of aliphatic hydroxyl groups is 1. The molecule has 5 rings (SSSR count). The van der Waals surface area contributed by atoms with Gasteiger partial charge in [0.25, 0.3) is 5.91 Å². The van der Waals surface area contributed by atoms with Crippen LogP contribution < -0.4 is 10.1 Å². The number of carbonyl (C=O) groups is 1. The van der Waals surface area contributed by atoms with E-state index in [0.29, 0.717) is 45.6 Å². The summed E-state index contributed by atoms with van der Waals surface area (Å²) in [5, 5.41) is 16.4. The van der Waals surface area contributed by atoms with Gasteiger partial charge in [0.2, 0.25) is 0 Å². The molecule has 0 radical (unpaired) electrons. The molecule has 1 fully saturated rings. The maximum atomic E-state index is 12.9. The Morgan fingerprint density at radius 2 is 2.16 bits per heavy atom. The molecular formula is C22H23N5O4. The summed E-state index contributed by atoms with van der Waals surface area (Å²) in [6.07, 6.45) is 8.66. The summed E-state index contributed by atoms with van der Waals surface area (Å²) in [6.45, 7) is 0.239. The predicted octanol–water partition coefficient (Wildman–Crippen LogP) is 3.40. The summed E-state index contributed by atoms with van der Waals surface area (Å²) in [5.74, 6) is 1.47. The molecule has 9 nitrogen and oxygen atoms in total. The van der Waals surface area contributed by atoms with Gasteiger partial charge in [0.15, 0.2) is 17.1 Å². The Balaban J connectivity index is 1.42. The zero-order valence-corrected chi connectivity index (χ0v) is 17.1. The molecule has 3 heterocycles. The highest BCUT2D eigenvalue weighted by molar-refractivity contribution is 6.09. The first kappa shape index (κ1) is 19.5. The van der Waals surface area contributed by atoms with Crippen molar-refractivity contribution in [1.29, 1.82) is 0 Å². The monoisotopic (exact) mass is 421 g/mol. The van der Waals surface area contributed by atoms with Gasteiger partial charge in [0, 0.05) is 37.1 Å². The number of amides is 1. The molecule has 0 spiro atoms. The number of anilines is 1. The van der Waals surface area contributed by atoms with Crippen LogP contribution in [0.5, 0.6) is 5.75 Å². The maximum Gasteiger partial charge on any atom is 0.261 e. The lowest BCUT2D eigenvalue weighted by Gasteiger charge is -2.24. The second-order valence-electron chi connectivity index (χ2n) is 7.87. The third kappa shape index (κ3) is 3.61. The van der Waals surface area contributed by atoms with Gasteiger partial charge in [-0.1, -0.05) is 0 Å². The number of ether oxygens (including phenoxy) is 1. The van der Waals surface area contributed by atoms with Crippen molar-refractivity contribution in [2.75, 3.05) is 19.0 Å². The first-order chi connectivity index (χ1) is 15.2. The number of nitrogens with one attached hydrogen (secondary N) is 1. The minimum atomic E-state index is -0.339. The normalized spacial score (nSPS) is 19.0.